The highest BCUT2D eigenvalue weighted by Crippen LogP contribution is 2.05. The molecule has 3 nitrogen and oxygen atoms in total. The molecule has 0 unspecified atom stereocenters. The lowest BCUT2D eigenvalue weighted by molar-refractivity contribution is 0.302. The number of likely N-dealkylation sites (N-methyl/N-ethyl adjacent to an activating group) is 2. The van der Waals surface area contributed by atoms with Crippen LogP contribution in [0.1, 0.15) is 19.4 Å². The Hall–Kier alpha value is -1.19. The molecule has 1 rings (SSSR count). The zero-order chi connectivity index (χ0) is 12.5. The highest BCUT2D eigenvalue weighted by atomic mass is 15.1. The summed E-state index contributed by atoms with van der Waals surface area (Å²) in [6.45, 7) is 13.2. The van der Waals surface area contributed by atoms with Gasteiger partial charge in [0.25, 0.3) is 0 Å². The molecule has 0 bridgehead atoms. The monoisotopic (exact) mass is 233 g/mol. The fourth-order valence-electron chi connectivity index (χ4n) is 1.70. The van der Waals surface area contributed by atoms with Crippen molar-refractivity contribution in [2.24, 2.45) is 0 Å². The first kappa shape index (κ1) is 13.9. The number of pyridine rings is 1. The van der Waals surface area contributed by atoms with Crippen molar-refractivity contribution in [1.82, 2.24) is 15.2 Å². The zero-order valence-corrected chi connectivity index (χ0v) is 10.9. The van der Waals surface area contributed by atoms with Crippen molar-refractivity contribution in [1.29, 1.82) is 0 Å². The van der Waals surface area contributed by atoms with E-state index in [1.54, 1.807) is 0 Å². The molecule has 1 aromatic heterocycles. The molecule has 3 heteroatoms. The van der Waals surface area contributed by atoms with E-state index in [0.717, 1.165) is 32.7 Å². The molecule has 1 N–H and O–H groups in total. The van der Waals surface area contributed by atoms with Crippen LogP contribution in [-0.2, 0) is 6.54 Å². The van der Waals surface area contributed by atoms with Crippen molar-refractivity contribution in [3.8, 4) is 0 Å². The molecule has 0 saturated heterocycles. The molecule has 0 fully saturated rings. The van der Waals surface area contributed by atoms with Crippen LogP contribution in [-0.4, -0.2) is 36.1 Å². The van der Waals surface area contributed by atoms with Crippen molar-refractivity contribution >= 4 is 0 Å². The average Bonchev–Trinajstić information content (AvgIpc) is 2.36. The molecular weight excluding hydrogens is 210 g/mol. The van der Waals surface area contributed by atoms with Gasteiger partial charge in [0, 0.05) is 32.0 Å². The minimum Gasteiger partial charge on any atom is -0.313 e. The Morgan fingerprint density at radius 3 is 2.65 bits per heavy atom. The maximum atomic E-state index is 4.11. The van der Waals surface area contributed by atoms with E-state index in [-0.39, 0.29) is 0 Å². The standard InChI is InChI=1S/C14H23N3/c1-4-15-10-13(3)11-17(5-2)12-14-6-8-16-9-7-14/h6-9,15H,3-5,10-12H2,1-2H3. The van der Waals surface area contributed by atoms with Crippen LogP contribution >= 0.6 is 0 Å². The quantitative estimate of drug-likeness (QED) is 0.697. The van der Waals surface area contributed by atoms with E-state index in [9.17, 15) is 0 Å². The minimum absolute atomic E-state index is 0.906. The lowest BCUT2D eigenvalue weighted by Crippen LogP contribution is -2.28. The van der Waals surface area contributed by atoms with Crippen LogP contribution in [0.25, 0.3) is 0 Å². The van der Waals surface area contributed by atoms with E-state index in [4.69, 9.17) is 0 Å². The second-order valence-corrected chi connectivity index (χ2v) is 4.19. The van der Waals surface area contributed by atoms with E-state index in [2.05, 4.69) is 47.8 Å². The topological polar surface area (TPSA) is 28.2 Å². The lowest BCUT2D eigenvalue weighted by Gasteiger charge is -2.21. The highest BCUT2D eigenvalue weighted by Gasteiger charge is 2.05. The van der Waals surface area contributed by atoms with Crippen LogP contribution < -0.4 is 5.32 Å². The molecule has 17 heavy (non-hydrogen) atoms. The molecule has 1 heterocycles. The van der Waals surface area contributed by atoms with E-state index in [1.165, 1.54) is 11.1 Å². The van der Waals surface area contributed by atoms with Crippen LogP contribution in [0.15, 0.2) is 36.7 Å². The van der Waals surface area contributed by atoms with Gasteiger partial charge in [-0.15, -0.1) is 0 Å². The van der Waals surface area contributed by atoms with Gasteiger partial charge in [0.2, 0.25) is 0 Å². The van der Waals surface area contributed by atoms with Crippen molar-refractivity contribution in [3.05, 3.63) is 42.2 Å². The Labute approximate surface area is 105 Å². The summed E-state index contributed by atoms with van der Waals surface area (Å²) in [5, 5.41) is 3.31. The molecular formula is C14H23N3. The van der Waals surface area contributed by atoms with Crippen LogP contribution in [0.3, 0.4) is 0 Å². The van der Waals surface area contributed by atoms with Gasteiger partial charge >= 0.3 is 0 Å². The molecule has 0 aliphatic heterocycles. The number of nitrogens with zero attached hydrogens (tertiary/aromatic N) is 2. The Kier molecular flexibility index (Phi) is 6.51. The lowest BCUT2D eigenvalue weighted by atomic mass is 10.2. The van der Waals surface area contributed by atoms with Crippen LogP contribution in [0.2, 0.25) is 0 Å². The van der Waals surface area contributed by atoms with Gasteiger partial charge in [0.1, 0.15) is 0 Å². The first-order valence-corrected chi connectivity index (χ1v) is 6.24. The first-order valence-electron chi connectivity index (χ1n) is 6.24. The summed E-state index contributed by atoms with van der Waals surface area (Å²) in [5.74, 6) is 0. The van der Waals surface area contributed by atoms with Crippen molar-refractivity contribution in [3.63, 3.8) is 0 Å². The van der Waals surface area contributed by atoms with E-state index >= 15 is 0 Å². The van der Waals surface area contributed by atoms with Gasteiger partial charge in [0.15, 0.2) is 0 Å². The Balaban J connectivity index is 2.41. The summed E-state index contributed by atoms with van der Waals surface area (Å²) in [7, 11) is 0. The summed E-state index contributed by atoms with van der Waals surface area (Å²) < 4.78 is 0. The van der Waals surface area contributed by atoms with Gasteiger partial charge in [0.05, 0.1) is 0 Å². The van der Waals surface area contributed by atoms with Gasteiger partial charge in [-0.05, 0) is 36.4 Å². The largest absolute Gasteiger partial charge is 0.313 e. The van der Waals surface area contributed by atoms with Crippen molar-refractivity contribution in [2.75, 3.05) is 26.2 Å². The molecule has 0 aliphatic carbocycles. The van der Waals surface area contributed by atoms with E-state index in [0.29, 0.717) is 0 Å². The van der Waals surface area contributed by atoms with Gasteiger partial charge < -0.3 is 5.32 Å². The SMILES string of the molecule is C=C(CNCC)CN(CC)Cc1ccncc1. The fourth-order valence-corrected chi connectivity index (χ4v) is 1.70. The maximum Gasteiger partial charge on any atom is 0.0271 e. The summed E-state index contributed by atoms with van der Waals surface area (Å²) >= 11 is 0. The number of hydrogen-bond donors (Lipinski definition) is 1. The van der Waals surface area contributed by atoms with Crippen LogP contribution in [0, 0.1) is 0 Å². The van der Waals surface area contributed by atoms with Crippen LogP contribution in [0.4, 0.5) is 0 Å². The predicted octanol–water partition coefficient (Wildman–Crippen LogP) is 2.07. The molecule has 0 atom stereocenters. The molecule has 1 aromatic rings. The van der Waals surface area contributed by atoms with Crippen molar-refractivity contribution in [2.45, 2.75) is 20.4 Å². The summed E-state index contributed by atoms with van der Waals surface area (Å²) in [4.78, 5) is 6.42. The average molecular weight is 233 g/mol. The smallest absolute Gasteiger partial charge is 0.0271 e. The molecule has 0 aromatic carbocycles. The number of rotatable bonds is 8. The second-order valence-electron chi connectivity index (χ2n) is 4.19. The first-order chi connectivity index (χ1) is 8.26. The summed E-state index contributed by atoms with van der Waals surface area (Å²) in [6.07, 6.45) is 3.69. The van der Waals surface area contributed by atoms with E-state index in [1.807, 2.05) is 12.4 Å². The molecule has 0 amide bonds. The van der Waals surface area contributed by atoms with Crippen molar-refractivity contribution < 1.29 is 0 Å². The number of aromatic nitrogens is 1. The Bertz CT molecular complexity index is 321. The third-order valence-corrected chi connectivity index (χ3v) is 2.67. The van der Waals surface area contributed by atoms with Gasteiger partial charge in [-0.2, -0.15) is 0 Å². The van der Waals surface area contributed by atoms with Gasteiger partial charge in [-0.3, -0.25) is 9.88 Å². The number of nitrogens with one attached hydrogen (secondary N) is 1. The van der Waals surface area contributed by atoms with Gasteiger partial charge in [-0.25, -0.2) is 0 Å². The Morgan fingerprint density at radius 2 is 2.06 bits per heavy atom. The summed E-state index contributed by atoms with van der Waals surface area (Å²) in [5.41, 5.74) is 2.54. The minimum atomic E-state index is 0.906. The zero-order valence-electron chi connectivity index (χ0n) is 10.9. The fraction of sp³-hybridized carbons (Fsp3) is 0.500. The Morgan fingerprint density at radius 1 is 1.35 bits per heavy atom. The summed E-state index contributed by atoms with van der Waals surface area (Å²) in [6, 6.07) is 4.13. The predicted molar refractivity (Wildman–Crippen MR) is 72.9 cm³/mol. The molecule has 0 radical (unpaired) electrons. The third-order valence-electron chi connectivity index (χ3n) is 2.67. The van der Waals surface area contributed by atoms with Gasteiger partial charge in [-0.1, -0.05) is 20.4 Å². The second kappa shape index (κ2) is 7.98. The highest BCUT2D eigenvalue weighted by molar-refractivity contribution is 5.10. The number of hydrogen-bond acceptors (Lipinski definition) is 3. The van der Waals surface area contributed by atoms with Crippen LogP contribution in [0.5, 0.6) is 0 Å². The third kappa shape index (κ3) is 5.61. The molecule has 0 spiro atoms. The normalized spacial score (nSPS) is 10.8. The molecule has 94 valence electrons. The molecule has 0 saturated carbocycles. The van der Waals surface area contributed by atoms with E-state index < -0.39 is 0 Å². The maximum absolute atomic E-state index is 4.11. The molecule has 0 aliphatic rings.